The highest BCUT2D eigenvalue weighted by atomic mass is 15.3. The number of benzene rings is 2. The zero-order chi connectivity index (χ0) is 13.9. The Balaban J connectivity index is 1.90. The van der Waals surface area contributed by atoms with Crippen molar-refractivity contribution in [2.45, 2.75) is 6.42 Å². The Morgan fingerprint density at radius 1 is 1.05 bits per heavy atom. The summed E-state index contributed by atoms with van der Waals surface area (Å²) in [5.41, 5.74) is 8.74. The molecule has 0 saturated carbocycles. The van der Waals surface area contributed by atoms with Crippen LogP contribution in [0.25, 0.3) is 11.4 Å². The second-order valence-electron chi connectivity index (χ2n) is 4.76. The molecule has 20 heavy (non-hydrogen) atoms. The van der Waals surface area contributed by atoms with Crippen LogP contribution in [-0.4, -0.2) is 14.8 Å². The summed E-state index contributed by atoms with van der Waals surface area (Å²) < 4.78 is 1.82. The third-order valence-corrected chi connectivity index (χ3v) is 3.20. The van der Waals surface area contributed by atoms with Crippen LogP contribution in [0.15, 0.2) is 54.6 Å². The van der Waals surface area contributed by atoms with Gasteiger partial charge in [-0.1, -0.05) is 42.5 Å². The Morgan fingerprint density at radius 2 is 1.85 bits per heavy atom. The molecule has 2 N–H and O–H groups in total. The quantitative estimate of drug-likeness (QED) is 0.740. The molecular formula is C16H16N4. The Labute approximate surface area is 117 Å². The summed E-state index contributed by atoms with van der Waals surface area (Å²) in [6.07, 6.45) is 0.724. The van der Waals surface area contributed by atoms with Gasteiger partial charge in [0.15, 0.2) is 5.82 Å². The van der Waals surface area contributed by atoms with E-state index in [4.69, 9.17) is 5.73 Å². The van der Waals surface area contributed by atoms with E-state index in [2.05, 4.69) is 10.1 Å². The monoisotopic (exact) mass is 264 g/mol. The van der Waals surface area contributed by atoms with E-state index in [9.17, 15) is 0 Å². The molecule has 4 heteroatoms. The van der Waals surface area contributed by atoms with Crippen molar-refractivity contribution in [2.75, 3.05) is 5.73 Å². The minimum absolute atomic E-state index is 0.724. The first-order valence-corrected chi connectivity index (χ1v) is 6.52. The third-order valence-electron chi connectivity index (χ3n) is 3.20. The highest BCUT2D eigenvalue weighted by molar-refractivity contribution is 5.54. The van der Waals surface area contributed by atoms with E-state index in [1.165, 1.54) is 0 Å². The molecule has 0 bridgehead atoms. The average molecular weight is 264 g/mol. The number of aryl methyl sites for hydroxylation is 1. The van der Waals surface area contributed by atoms with E-state index in [1.54, 1.807) is 0 Å². The molecule has 0 aliphatic heterocycles. The van der Waals surface area contributed by atoms with Gasteiger partial charge in [0.05, 0.1) is 0 Å². The number of anilines is 1. The lowest BCUT2D eigenvalue weighted by Crippen LogP contribution is -2.00. The second kappa shape index (κ2) is 5.17. The molecular weight excluding hydrogens is 248 g/mol. The lowest BCUT2D eigenvalue weighted by atomic mass is 10.1. The predicted molar refractivity (Wildman–Crippen MR) is 80.1 cm³/mol. The molecule has 100 valence electrons. The van der Waals surface area contributed by atoms with E-state index in [-0.39, 0.29) is 0 Å². The van der Waals surface area contributed by atoms with Gasteiger partial charge in [-0.05, 0) is 17.7 Å². The van der Waals surface area contributed by atoms with Crippen LogP contribution in [0.1, 0.15) is 11.4 Å². The number of hydrogen-bond donors (Lipinski definition) is 1. The van der Waals surface area contributed by atoms with Crippen molar-refractivity contribution in [1.29, 1.82) is 0 Å². The van der Waals surface area contributed by atoms with Crippen LogP contribution in [0.3, 0.4) is 0 Å². The first kappa shape index (κ1) is 12.4. The summed E-state index contributed by atoms with van der Waals surface area (Å²) in [5.74, 6) is 1.68. The lowest BCUT2D eigenvalue weighted by Gasteiger charge is -2.01. The molecule has 1 heterocycles. The Morgan fingerprint density at radius 3 is 2.60 bits per heavy atom. The maximum absolute atomic E-state index is 5.80. The summed E-state index contributed by atoms with van der Waals surface area (Å²) >= 11 is 0. The van der Waals surface area contributed by atoms with Crippen LogP contribution in [0, 0.1) is 0 Å². The third kappa shape index (κ3) is 2.54. The molecule has 2 aromatic carbocycles. The van der Waals surface area contributed by atoms with Crippen molar-refractivity contribution < 1.29 is 0 Å². The topological polar surface area (TPSA) is 56.7 Å². The van der Waals surface area contributed by atoms with Crippen molar-refractivity contribution in [2.24, 2.45) is 7.05 Å². The summed E-state index contributed by atoms with van der Waals surface area (Å²) in [7, 11) is 1.92. The summed E-state index contributed by atoms with van der Waals surface area (Å²) in [4.78, 5) is 4.62. The van der Waals surface area contributed by atoms with E-state index < -0.39 is 0 Å². The minimum atomic E-state index is 0.724. The highest BCUT2D eigenvalue weighted by Gasteiger charge is 2.09. The van der Waals surface area contributed by atoms with Gasteiger partial charge in [-0.25, -0.2) is 4.98 Å². The smallest absolute Gasteiger partial charge is 0.181 e. The zero-order valence-electron chi connectivity index (χ0n) is 11.3. The molecule has 0 saturated heterocycles. The summed E-state index contributed by atoms with van der Waals surface area (Å²) in [6.45, 7) is 0. The normalized spacial score (nSPS) is 10.7. The van der Waals surface area contributed by atoms with Crippen molar-refractivity contribution in [3.8, 4) is 11.4 Å². The average Bonchev–Trinajstić information content (AvgIpc) is 2.81. The molecule has 0 atom stereocenters. The lowest BCUT2D eigenvalue weighted by molar-refractivity contribution is 0.717. The predicted octanol–water partition coefficient (Wildman–Crippen LogP) is 2.66. The molecule has 0 fully saturated rings. The highest BCUT2D eigenvalue weighted by Crippen LogP contribution is 2.17. The van der Waals surface area contributed by atoms with Gasteiger partial charge < -0.3 is 5.73 Å². The molecule has 4 nitrogen and oxygen atoms in total. The van der Waals surface area contributed by atoms with Crippen molar-refractivity contribution in [3.63, 3.8) is 0 Å². The number of nitrogen functional groups attached to an aromatic ring is 1. The van der Waals surface area contributed by atoms with Gasteiger partial charge in [-0.15, -0.1) is 0 Å². The molecule has 0 radical (unpaired) electrons. The van der Waals surface area contributed by atoms with Gasteiger partial charge in [-0.2, -0.15) is 5.10 Å². The largest absolute Gasteiger partial charge is 0.399 e. The molecule has 0 aliphatic rings. The van der Waals surface area contributed by atoms with E-state index in [1.807, 2.05) is 66.3 Å². The van der Waals surface area contributed by atoms with Crippen molar-refractivity contribution in [1.82, 2.24) is 14.8 Å². The van der Waals surface area contributed by atoms with Crippen LogP contribution >= 0.6 is 0 Å². The molecule has 0 amide bonds. The molecule has 3 rings (SSSR count). The SMILES string of the molecule is Cn1nc(-c2ccccc2)nc1Cc1cccc(N)c1. The Kier molecular flexibility index (Phi) is 3.21. The fourth-order valence-electron chi connectivity index (χ4n) is 2.17. The van der Waals surface area contributed by atoms with E-state index >= 15 is 0 Å². The molecule has 0 unspecified atom stereocenters. The van der Waals surface area contributed by atoms with Crippen molar-refractivity contribution in [3.05, 3.63) is 66.0 Å². The number of nitrogens with zero attached hydrogens (tertiary/aromatic N) is 3. The molecule has 0 spiro atoms. The van der Waals surface area contributed by atoms with Gasteiger partial charge >= 0.3 is 0 Å². The fourth-order valence-corrected chi connectivity index (χ4v) is 2.17. The number of hydrogen-bond acceptors (Lipinski definition) is 3. The number of rotatable bonds is 3. The standard InChI is InChI=1S/C16H16N4/c1-20-15(11-12-6-5-9-14(17)10-12)18-16(19-20)13-7-3-2-4-8-13/h2-10H,11,17H2,1H3. The van der Waals surface area contributed by atoms with Gasteiger partial charge in [-0.3, -0.25) is 4.68 Å². The van der Waals surface area contributed by atoms with E-state index in [0.717, 1.165) is 34.9 Å². The summed E-state index contributed by atoms with van der Waals surface area (Å²) in [5, 5.41) is 4.47. The Hall–Kier alpha value is -2.62. The second-order valence-corrected chi connectivity index (χ2v) is 4.76. The van der Waals surface area contributed by atoms with Crippen LogP contribution in [0.2, 0.25) is 0 Å². The number of nitrogens with two attached hydrogens (primary N) is 1. The summed E-state index contributed by atoms with van der Waals surface area (Å²) in [6, 6.07) is 17.9. The van der Waals surface area contributed by atoms with Gasteiger partial charge in [0.25, 0.3) is 0 Å². The van der Waals surface area contributed by atoms with Crippen LogP contribution < -0.4 is 5.73 Å². The van der Waals surface area contributed by atoms with Gasteiger partial charge in [0.2, 0.25) is 0 Å². The number of aromatic nitrogens is 3. The van der Waals surface area contributed by atoms with Crippen LogP contribution in [0.5, 0.6) is 0 Å². The molecule has 0 aliphatic carbocycles. The maximum Gasteiger partial charge on any atom is 0.181 e. The van der Waals surface area contributed by atoms with Gasteiger partial charge in [0, 0.05) is 24.7 Å². The minimum Gasteiger partial charge on any atom is -0.399 e. The first-order valence-electron chi connectivity index (χ1n) is 6.52. The first-order chi connectivity index (χ1) is 9.72. The fraction of sp³-hybridized carbons (Fsp3) is 0.125. The van der Waals surface area contributed by atoms with E-state index in [0.29, 0.717) is 0 Å². The van der Waals surface area contributed by atoms with Gasteiger partial charge in [0.1, 0.15) is 5.82 Å². The zero-order valence-corrected chi connectivity index (χ0v) is 11.3. The van der Waals surface area contributed by atoms with Crippen LogP contribution in [0.4, 0.5) is 5.69 Å². The van der Waals surface area contributed by atoms with Crippen molar-refractivity contribution >= 4 is 5.69 Å². The molecule has 3 aromatic rings. The maximum atomic E-state index is 5.80. The Bertz CT molecular complexity index is 716. The van der Waals surface area contributed by atoms with Crippen LogP contribution in [-0.2, 0) is 13.5 Å². The molecule has 1 aromatic heterocycles.